The normalized spacial score (nSPS) is 13.2. The molecule has 0 aliphatic carbocycles. The second-order valence-corrected chi connectivity index (χ2v) is 6.65. The quantitative estimate of drug-likeness (QED) is 0.893. The number of nitrogens with one attached hydrogen (secondary N) is 1. The molecule has 1 atom stereocenters. The van der Waals surface area contributed by atoms with Crippen LogP contribution in [0.3, 0.4) is 0 Å². The molecule has 1 rings (SSSR count). The highest BCUT2D eigenvalue weighted by Gasteiger charge is 2.21. The lowest BCUT2D eigenvalue weighted by atomic mass is 9.88. The van der Waals surface area contributed by atoms with E-state index in [-0.39, 0.29) is 23.5 Å². The Morgan fingerprint density at radius 2 is 1.90 bits per heavy atom. The van der Waals surface area contributed by atoms with Gasteiger partial charge in [-0.2, -0.15) is 0 Å². The fourth-order valence-corrected chi connectivity index (χ4v) is 1.70. The van der Waals surface area contributed by atoms with Crippen molar-refractivity contribution in [1.82, 2.24) is 5.32 Å². The summed E-state index contributed by atoms with van der Waals surface area (Å²) in [5.41, 5.74) is 1.04. The SMILES string of the molecule is CC(C)Oc1cccc(CC(=O)NC(C)C(C)(C)C)c1. The molecular weight excluding hydrogens is 250 g/mol. The van der Waals surface area contributed by atoms with Crippen LogP contribution < -0.4 is 10.1 Å². The summed E-state index contributed by atoms with van der Waals surface area (Å²) in [7, 11) is 0. The molecular formula is C17H27NO2. The molecule has 1 N–H and O–H groups in total. The summed E-state index contributed by atoms with van der Waals surface area (Å²) in [5.74, 6) is 0.864. The van der Waals surface area contributed by atoms with E-state index in [4.69, 9.17) is 4.74 Å². The summed E-state index contributed by atoms with van der Waals surface area (Å²) >= 11 is 0. The molecule has 3 nitrogen and oxygen atoms in total. The van der Waals surface area contributed by atoms with E-state index in [1.807, 2.05) is 45.0 Å². The van der Waals surface area contributed by atoms with Crippen LogP contribution in [0.2, 0.25) is 0 Å². The van der Waals surface area contributed by atoms with Gasteiger partial charge in [0.25, 0.3) is 0 Å². The smallest absolute Gasteiger partial charge is 0.224 e. The van der Waals surface area contributed by atoms with Crippen molar-refractivity contribution in [3.63, 3.8) is 0 Å². The van der Waals surface area contributed by atoms with Crippen molar-refractivity contribution in [1.29, 1.82) is 0 Å². The van der Waals surface area contributed by atoms with Gasteiger partial charge in [0.15, 0.2) is 0 Å². The first-order valence-corrected chi connectivity index (χ1v) is 7.23. The standard InChI is InChI=1S/C17H27NO2/c1-12(2)20-15-9-7-8-14(10-15)11-16(19)18-13(3)17(4,5)6/h7-10,12-13H,11H2,1-6H3,(H,18,19). The zero-order valence-corrected chi connectivity index (χ0v) is 13.5. The maximum atomic E-state index is 12.1. The highest BCUT2D eigenvalue weighted by atomic mass is 16.5. The fraction of sp³-hybridized carbons (Fsp3) is 0.588. The van der Waals surface area contributed by atoms with Crippen LogP contribution in [0.15, 0.2) is 24.3 Å². The van der Waals surface area contributed by atoms with Crippen LogP contribution in [-0.4, -0.2) is 18.1 Å². The van der Waals surface area contributed by atoms with Crippen LogP contribution in [0.5, 0.6) is 5.75 Å². The van der Waals surface area contributed by atoms with Gasteiger partial charge in [-0.05, 0) is 43.9 Å². The Bertz CT molecular complexity index is 447. The topological polar surface area (TPSA) is 38.3 Å². The highest BCUT2D eigenvalue weighted by molar-refractivity contribution is 5.79. The number of hydrogen-bond donors (Lipinski definition) is 1. The first kappa shape index (κ1) is 16.5. The molecule has 0 saturated carbocycles. The van der Waals surface area contributed by atoms with Gasteiger partial charge in [0.05, 0.1) is 12.5 Å². The zero-order valence-electron chi connectivity index (χ0n) is 13.5. The molecule has 1 aromatic carbocycles. The van der Waals surface area contributed by atoms with Crippen molar-refractivity contribution in [2.24, 2.45) is 5.41 Å². The molecule has 1 amide bonds. The van der Waals surface area contributed by atoms with E-state index < -0.39 is 0 Å². The van der Waals surface area contributed by atoms with Gasteiger partial charge in [0.2, 0.25) is 5.91 Å². The minimum Gasteiger partial charge on any atom is -0.491 e. The molecule has 0 aromatic heterocycles. The molecule has 112 valence electrons. The maximum absolute atomic E-state index is 12.1. The first-order chi connectivity index (χ1) is 9.18. The number of hydrogen-bond acceptors (Lipinski definition) is 2. The van der Waals surface area contributed by atoms with Crippen LogP contribution in [0.1, 0.15) is 47.1 Å². The minimum absolute atomic E-state index is 0.0501. The third-order valence-electron chi connectivity index (χ3n) is 3.31. The Hall–Kier alpha value is -1.51. The minimum atomic E-state index is 0.0501. The third-order valence-corrected chi connectivity index (χ3v) is 3.31. The number of carbonyl (C=O) groups is 1. The van der Waals surface area contributed by atoms with Crippen molar-refractivity contribution >= 4 is 5.91 Å². The molecule has 0 fully saturated rings. The number of amides is 1. The molecule has 1 unspecified atom stereocenters. The van der Waals surface area contributed by atoms with E-state index in [9.17, 15) is 4.79 Å². The summed E-state index contributed by atoms with van der Waals surface area (Å²) in [6.45, 7) is 12.4. The molecule has 0 aliphatic rings. The summed E-state index contributed by atoms with van der Waals surface area (Å²) in [6, 6.07) is 7.87. The van der Waals surface area contributed by atoms with Crippen molar-refractivity contribution < 1.29 is 9.53 Å². The van der Waals surface area contributed by atoms with Gasteiger partial charge in [-0.1, -0.05) is 32.9 Å². The Balaban J connectivity index is 2.62. The van der Waals surface area contributed by atoms with Crippen LogP contribution >= 0.6 is 0 Å². The predicted molar refractivity (Wildman–Crippen MR) is 83.0 cm³/mol. The number of rotatable bonds is 5. The predicted octanol–water partition coefficient (Wildman–Crippen LogP) is 3.57. The van der Waals surface area contributed by atoms with Crippen molar-refractivity contribution in [2.45, 2.75) is 60.1 Å². The molecule has 0 saturated heterocycles. The Kier molecular flexibility index (Phi) is 5.61. The van der Waals surface area contributed by atoms with E-state index in [0.29, 0.717) is 6.42 Å². The Morgan fingerprint density at radius 3 is 2.45 bits per heavy atom. The summed E-state index contributed by atoms with van der Waals surface area (Å²) in [4.78, 5) is 12.1. The van der Waals surface area contributed by atoms with E-state index in [1.54, 1.807) is 0 Å². The van der Waals surface area contributed by atoms with E-state index in [1.165, 1.54) is 0 Å². The van der Waals surface area contributed by atoms with Gasteiger partial charge in [-0.15, -0.1) is 0 Å². The summed E-state index contributed by atoms with van der Waals surface area (Å²) in [6.07, 6.45) is 0.524. The Morgan fingerprint density at radius 1 is 1.25 bits per heavy atom. The lowest BCUT2D eigenvalue weighted by Crippen LogP contribution is -2.42. The van der Waals surface area contributed by atoms with Crippen LogP contribution in [0, 0.1) is 5.41 Å². The molecule has 1 aromatic rings. The van der Waals surface area contributed by atoms with Crippen molar-refractivity contribution in [3.05, 3.63) is 29.8 Å². The summed E-state index contributed by atoms with van der Waals surface area (Å²) in [5, 5.41) is 3.05. The lowest BCUT2D eigenvalue weighted by Gasteiger charge is -2.28. The maximum Gasteiger partial charge on any atom is 0.224 e. The zero-order chi connectivity index (χ0) is 15.3. The van der Waals surface area contributed by atoms with E-state index >= 15 is 0 Å². The van der Waals surface area contributed by atoms with Gasteiger partial charge < -0.3 is 10.1 Å². The van der Waals surface area contributed by atoms with Crippen LogP contribution in [-0.2, 0) is 11.2 Å². The molecule has 20 heavy (non-hydrogen) atoms. The number of benzene rings is 1. The number of carbonyl (C=O) groups excluding carboxylic acids is 1. The van der Waals surface area contributed by atoms with Gasteiger partial charge in [0, 0.05) is 6.04 Å². The van der Waals surface area contributed by atoms with Crippen molar-refractivity contribution in [3.8, 4) is 5.75 Å². The van der Waals surface area contributed by atoms with Crippen LogP contribution in [0.25, 0.3) is 0 Å². The second kappa shape index (κ2) is 6.78. The molecule has 0 radical (unpaired) electrons. The second-order valence-electron chi connectivity index (χ2n) is 6.65. The van der Waals surface area contributed by atoms with Gasteiger partial charge in [-0.25, -0.2) is 0 Å². The highest BCUT2D eigenvalue weighted by Crippen LogP contribution is 2.19. The number of ether oxygens (including phenoxy) is 1. The molecule has 0 spiro atoms. The lowest BCUT2D eigenvalue weighted by molar-refractivity contribution is -0.121. The Labute approximate surface area is 122 Å². The van der Waals surface area contributed by atoms with Gasteiger partial charge in [0.1, 0.15) is 5.75 Å². The molecule has 3 heteroatoms. The molecule has 0 bridgehead atoms. The van der Waals surface area contributed by atoms with Crippen molar-refractivity contribution in [2.75, 3.05) is 0 Å². The first-order valence-electron chi connectivity index (χ1n) is 7.23. The monoisotopic (exact) mass is 277 g/mol. The van der Waals surface area contributed by atoms with E-state index in [0.717, 1.165) is 11.3 Å². The third kappa shape index (κ3) is 5.64. The average Bonchev–Trinajstić information content (AvgIpc) is 2.26. The fourth-order valence-electron chi connectivity index (χ4n) is 1.70. The van der Waals surface area contributed by atoms with Crippen LogP contribution in [0.4, 0.5) is 0 Å². The van der Waals surface area contributed by atoms with Gasteiger partial charge >= 0.3 is 0 Å². The average molecular weight is 277 g/mol. The van der Waals surface area contributed by atoms with E-state index in [2.05, 4.69) is 26.1 Å². The van der Waals surface area contributed by atoms with Gasteiger partial charge in [-0.3, -0.25) is 4.79 Å². The molecule has 0 aliphatic heterocycles. The largest absolute Gasteiger partial charge is 0.491 e. The summed E-state index contributed by atoms with van der Waals surface area (Å²) < 4.78 is 5.64. The molecule has 0 heterocycles.